The lowest BCUT2D eigenvalue weighted by molar-refractivity contribution is -0.112. The van der Waals surface area contributed by atoms with E-state index in [-0.39, 0.29) is 12.0 Å². The third-order valence-electron chi connectivity index (χ3n) is 4.26. The molecule has 2 unspecified atom stereocenters. The van der Waals surface area contributed by atoms with E-state index in [1.165, 1.54) is 12.1 Å². The number of rotatable bonds is 3. The first-order chi connectivity index (χ1) is 9.79. The van der Waals surface area contributed by atoms with Crippen molar-refractivity contribution in [2.24, 2.45) is 0 Å². The van der Waals surface area contributed by atoms with E-state index in [0.717, 1.165) is 51.0 Å². The molecule has 0 radical (unpaired) electrons. The monoisotopic (exact) mass is 277 g/mol. The molecule has 2 aliphatic rings. The Bertz CT molecular complexity index is 476. The molecular formula is C15H20FN3O. The van der Waals surface area contributed by atoms with Crippen LogP contribution in [0.2, 0.25) is 0 Å². The molecule has 20 heavy (non-hydrogen) atoms. The van der Waals surface area contributed by atoms with Crippen LogP contribution in [0.3, 0.4) is 0 Å². The topological polar surface area (TPSA) is 35.6 Å². The molecule has 0 bridgehead atoms. The second kappa shape index (κ2) is 5.89. The SMILES string of the molecule is O=CC1N(c2cccc(F)c2)CCN1C1CCCNC1. The van der Waals surface area contributed by atoms with Crippen molar-refractivity contribution < 1.29 is 9.18 Å². The van der Waals surface area contributed by atoms with Crippen molar-refractivity contribution >= 4 is 12.0 Å². The van der Waals surface area contributed by atoms with Gasteiger partial charge >= 0.3 is 0 Å². The highest BCUT2D eigenvalue weighted by molar-refractivity contribution is 5.67. The van der Waals surface area contributed by atoms with Crippen LogP contribution in [-0.4, -0.2) is 49.6 Å². The molecule has 1 aromatic carbocycles. The number of anilines is 1. The van der Waals surface area contributed by atoms with Gasteiger partial charge in [-0.2, -0.15) is 0 Å². The molecule has 2 atom stereocenters. The zero-order chi connectivity index (χ0) is 13.9. The maximum atomic E-state index is 13.4. The van der Waals surface area contributed by atoms with Gasteiger partial charge in [-0.15, -0.1) is 0 Å². The van der Waals surface area contributed by atoms with Gasteiger partial charge in [0, 0.05) is 31.4 Å². The lowest BCUT2D eigenvalue weighted by atomic mass is 10.1. The predicted molar refractivity (Wildman–Crippen MR) is 76.2 cm³/mol. The van der Waals surface area contributed by atoms with E-state index in [0.29, 0.717) is 6.04 Å². The van der Waals surface area contributed by atoms with Crippen molar-refractivity contribution in [2.45, 2.75) is 25.0 Å². The molecular weight excluding hydrogens is 257 g/mol. The van der Waals surface area contributed by atoms with Crippen LogP contribution in [0.4, 0.5) is 10.1 Å². The summed E-state index contributed by atoms with van der Waals surface area (Å²) in [6.07, 6.45) is 2.97. The maximum absolute atomic E-state index is 13.4. The molecule has 108 valence electrons. The molecule has 2 saturated heterocycles. The highest BCUT2D eigenvalue weighted by Gasteiger charge is 2.36. The largest absolute Gasteiger partial charge is 0.348 e. The highest BCUT2D eigenvalue weighted by Crippen LogP contribution is 2.26. The van der Waals surface area contributed by atoms with E-state index in [1.54, 1.807) is 6.07 Å². The Labute approximate surface area is 118 Å². The van der Waals surface area contributed by atoms with Crippen molar-refractivity contribution in [2.75, 3.05) is 31.1 Å². The second-order valence-electron chi connectivity index (χ2n) is 5.46. The molecule has 0 spiro atoms. The van der Waals surface area contributed by atoms with Gasteiger partial charge < -0.3 is 10.2 Å². The van der Waals surface area contributed by atoms with Crippen molar-refractivity contribution in [3.63, 3.8) is 0 Å². The zero-order valence-electron chi connectivity index (χ0n) is 11.5. The van der Waals surface area contributed by atoms with E-state index < -0.39 is 0 Å². The van der Waals surface area contributed by atoms with Gasteiger partial charge in [-0.3, -0.25) is 9.69 Å². The number of hydrogen-bond donors (Lipinski definition) is 1. The fraction of sp³-hybridized carbons (Fsp3) is 0.533. The van der Waals surface area contributed by atoms with Gasteiger partial charge in [-0.25, -0.2) is 4.39 Å². The standard InChI is InChI=1S/C15H20FN3O/c16-12-3-1-4-13(9-12)18-7-8-19(15(18)11-20)14-5-2-6-17-10-14/h1,3-4,9,11,14-15,17H,2,5-8,10H2. The normalized spacial score (nSPS) is 27.8. The van der Waals surface area contributed by atoms with Crippen LogP contribution in [0.1, 0.15) is 12.8 Å². The van der Waals surface area contributed by atoms with Crippen LogP contribution in [0, 0.1) is 5.82 Å². The third kappa shape index (κ3) is 2.55. The van der Waals surface area contributed by atoms with Gasteiger partial charge in [0.1, 0.15) is 12.0 Å². The number of nitrogens with one attached hydrogen (secondary N) is 1. The Morgan fingerprint density at radius 3 is 2.95 bits per heavy atom. The first kappa shape index (κ1) is 13.5. The molecule has 0 saturated carbocycles. The fourth-order valence-corrected chi connectivity index (χ4v) is 3.27. The minimum Gasteiger partial charge on any atom is -0.348 e. The quantitative estimate of drug-likeness (QED) is 0.843. The molecule has 5 heteroatoms. The van der Waals surface area contributed by atoms with Crippen molar-refractivity contribution in [3.8, 4) is 0 Å². The van der Waals surface area contributed by atoms with Crippen molar-refractivity contribution in [1.29, 1.82) is 0 Å². The Hall–Kier alpha value is -1.46. The molecule has 0 aliphatic carbocycles. The van der Waals surface area contributed by atoms with Gasteiger partial charge in [-0.1, -0.05) is 6.07 Å². The predicted octanol–water partition coefficient (Wildman–Crippen LogP) is 1.22. The molecule has 2 aliphatic heterocycles. The Morgan fingerprint density at radius 2 is 2.25 bits per heavy atom. The summed E-state index contributed by atoms with van der Waals surface area (Å²) in [7, 11) is 0. The smallest absolute Gasteiger partial charge is 0.157 e. The lowest BCUT2D eigenvalue weighted by Crippen LogP contribution is -2.51. The summed E-state index contributed by atoms with van der Waals surface area (Å²) < 4.78 is 13.4. The molecule has 1 aromatic rings. The van der Waals surface area contributed by atoms with Crippen LogP contribution in [0.15, 0.2) is 24.3 Å². The molecule has 3 rings (SSSR count). The summed E-state index contributed by atoms with van der Waals surface area (Å²) in [5.41, 5.74) is 0.786. The molecule has 1 N–H and O–H groups in total. The molecule has 2 fully saturated rings. The minimum atomic E-state index is -0.276. The number of hydrogen-bond acceptors (Lipinski definition) is 4. The van der Waals surface area contributed by atoms with Gasteiger partial charge in [-0.05, 0) is 37.6 Å². The second-order valence-corrected chi connectivity index (χ2v) is 5.46. The van der Waals surface area contributed by atoms with Gasteiger partial charge in [0.05, 0.1) is 0 Å². The molecule has 0 amide bonds. The number of piperidine rings is 1. The van der Waals surface area contributed by atoms with E-state index in [4.69, 9.17) is 0 Å². The number of carbonyl (C=O) groups is 1. The molecule has 2 heterocycles. The average molecular weight is 277 g/mol. The molecule has 4 nitrogen and oxygen atoms in total. The van der Waals surface area contributed by atoms with Crippen LogP contribution in [-0.2, 0) is 4.79 Å². The van der Waals surface area contributed by atoms with Crippen LogP contribution >= 0.6 is 0 Å². The zero-order valence-corrected chi connectivity index (χ0v) is 11.5. The van der Waals surface area contributed by atoms with E-state index in [1.807, 2.05) is 11.0 Å². The minimum absolute atomic E-state index is 0.259. The Kier molecular flexibility index (Phi) is 3.98. The highest BCUT2D eigenvalue weighted by atomic mass is 19.1. The average Bonchev–Trinajstić information content (AvgIpc) is 2.92. The summed E-state index contributed by atoms with van der Waals surface area (Å²) in [4.78, 5) is 15.8. The summed E-state index contributed by atoms with van der Waals surface area (Å²) in [6, 6.07) is 6.88. The third-order valence-corrected chi connectivity index (χ3v) is 4.26. The van der Waals surface area contributed by atoms with E-state index in [2.05, 4.69) is 10.2 Å². The summed E-state index contributed by atoms with van der Waals surface area (Å²) in [5, 5.41) is 3.38. The summed E-state index contributed by atoms with van der Waals surface area (Å²) >= 11 is 0. The first-order valence-electron chi connectivity index (χ1n) is 7.23. The lowest BCUT2D eigenvalue weighted by Gasteiger charge is -2.35. The van der Waals surface area contributed by atoms with E-state index in [9.17, 15) is 9.18 Å². The number of carbonyl (C=O) groups excluding carboxylic acids is 1. The fourth-order valence-electron chi connectivity index (χ4n) is 3.27. The summed E-state index contributed by atoms with van der Waals surface area (Å²) in [5.74, 6) is -0.259. The van der Waals surface area contributed by atoms with Crippen molar-refractivity contribution in [1.82, 2.24) is 10.2 Å². The number of benzene rings is 1. The van der Waals surface area contributed by atoms with Gasteiger partial charge in [0.2, 0.25) is 0 Å². The Balaban J connectivity index is 1.78. The molecule has 0 aromatic heterocycles. The number of aldehydes is 1. The van der Waals surface area contributed by atoms with Crippen LogP contribution in [0.25, 0.3) is 0 Å². The summed E-state index contributed by atoms with van der Waals surface area (Å²) in [6.45, 7) is 3.61. The maximum Gasteiger partial charge on any atom is 0.157 e. The van der Waals surface area contributed by atoms with Gasteiger partial charge in [0.15, 0.2) is 6.29 Å². The van der Waals surface area contributed by atoms with Crippen LogP contribution in [0.5, 0.6) is 0 Å². The first-order valence-corrected chi connectivity index (χ1v) is 7.23. The van der Waals surface area contributed by atoms with E-state index >= 15 is 0 Å². The van der Waals surface area contributed by atoms with Crippen LogP contribution < -0.4 is 10.2 Å². The number of nitrogens with zero attached hydrogens (tertiary/aromatic N) is 2. The number of halogens is 1. The van der Waals surface area contributed by atoms with Gasteiger partial charge in [0.25, 0.3) is 0 Å². The Morgan fingerprint density at radius 1 is 1.35 bits per heavy atom. The van der Waals surface area contributed by atoms with Crippen molar-refractivity contribution in [3.05, 3.63) is 30.1 Å².